The van der Waals surface area contributed by atoms with Crippen molar-refractivity contribution in [2.75, 3.05) is 0 Å². The zero-order chi connectivity index (χ0) is 22.3. The highest BCUT2D eigenvalue weighted by molar-refractivity contribution is 7.16. The summed E-state index contributed by atoms with van der Waals surface area (Å²) in [6.07, 6.45) is -2.89. The highest BCUT2D eigenvalue weighted by Gasteiger charge is 2.31. The SMILES string of the molecule is N=c1sc2cc(OC(F)(F)F)ccc2n1CCn1cc(-c2cccc3ccccc23)nn1. The van der Waals surface area contributed by atoms with E-state index in [9.17, 15) is 13.2 Å². The van der Waals surface area contributed by atoms with E-state index in [2.05, 4.69) is 15.0 Å². The number of benzene rings is 3. The Morgan fingerprint density at radius 1 is 1.00 bits per heavy atom. The van der Waals surface area contributed by atoms with Crippen LogP contribution in [0.4, 0.5) is 13.2 Å². The van der Waals surface area contributed by atoms with E-state index in [1.807, 2.05) is 48.7 Å². The first kappa shape index (κ1) is 20.3. The van der Waals surface area contributed by atoms with Gasteiger partial charge >= 0.3 is 6.36 Å². The second kappa shape index (κ2) is 7.79. The molecule has 5 rings (SSSR count). The van der Waals surface area contributed by atoms with Gasteiger partial charge in [-0.15, -0.1) is 18.3 Å². The second-order valence-electron chi connectivity index (χ2n) is 7.13. The summed E-state index contributed by atoms with van der Waals surface area (Å²) in [5.41, 5.74) is 2.41. The molecule has 2 heterocycles. The summed E-state index contributed by atoms with van der Waals surface area (Å²) in [4.78, 5) is 0.235. The lowest BCUT2D eigenvalue weighted by atomic mass is 10.0. The van der Waals surface area contributed by atoms with Crippen molar-refractivity contribution in [3.05, 3.63) is 71.7 Å². The summed E-state index contributed by atoms with van der Waals surface area (Å²) in [5.74, 6) is -0.297. The molecule has 0 saturated heterocycles. The molecule has 5 aromatic rings. The fraction of sp³-hybridized carbons (Fsp3) is 0.136. The third kappa shape index (κ3) is 3.96. The van der Waals surface area contributed by atoms with Crippen LogP contribution in [0.15, 0.2) is 66.9 Å². The Labute approximate surface area is 183 Å². The van der Waals surface area contributed by atoms with Crippen LogP contribution < -0.4 is 9.54 Å². The van der Waals surface area contributed by atoms with Crippen molar-refractivity contribution in [1.29, 1.82) is 5.41 Å². The molecule has 0 radical (unpaired) electrons. The maximum absolute atomic E-state index is 12.5. The fourth-order valence-electron chi connectivity index (χ4n) is 3.67. The molecular formula is C22H16F3N5OS. The Morgan fingerprint density at radius 3 is 2.66 bits per heavy atom. The van der Waals surface area contributed by atoms with E-state index in [1.54, 1.807) is 9.25 Å². The molecule has 0 unspecified atom stereocenters. The van der Waals surface area contributed by atoms with Gasteiger partial charge < -0.3 is 9.30 Å². The Morgan fingerprint density at radius 2 is 1.81 bits per heavy atom. The highest BCUT2D eigenvalue weighted by atomic mass is 32.1. The van der Waals surface area contributed by atoms with Gasteiger partial charge in [0, 0.05) is 12.1 Å². The number of thiazole rings is 1. The first-order valence-corrected chi connectivity index (χ1v) is 10.5. The number of alkyl halides is 3. The average molecular weight is 455 g/mol. The molecule has 0 saturated carbocycles. The van der Waals surface area contributed by atoms with E-state index < -0.39 is 6.36 Å². The number of aromatic nitrogens is 4. The first-order chi connectivity index (χ1) is 15.4. The average Bonchev–Trinajstić information content (AvgIpc) is 3.34. The molecule has 0 bridgehead atoms. The van der Waals surface area contributed by atoms with Crippen molar-refractivity contribution < 1.29 is 17.9 Å². The monoisotopic (exact) mass is 455 g/mol. The molecule has 0 atom stereocenters. The van der Waals surface area contributed by atoms with Gasteiger partial charge in [-0.2, -0.15) is 0 Å². The highest BCUT2D eigenvalue weighted by Crippen LogP contribution is 2.29. The quantitative estimate of drug-likeness (QED) is 0.396. The Kier molecular flexibility index (Phi) is 4.93. The van der Waals surface area contributed by atoms with Gasteiger partial charge in [0.15, 0.2) is 4.80 Å². The summed E-state index contributed by atoms with van der Waals surface area (Å²) < 4.78 is 45.4. The molecular weight excluding hydrogens is 439 g/mol. The van der Waals surface area contributed by atoms with Crippen molar-refractivity contribution in [2.24, 2.45) is 0 Å². The summed E-state index contributed by atoms with van der Waals surface area (Å²) in [5, 5.41) is 18.9. The molecule has 162 valence electrons. The zero-order valence-electron chi connectivity index (χ0n) is 16.5. The van der Waals surface area contributed by atoms with Crippen LogP contribution in [0.2, 0.25) is 0 Å². The first-order valence-electron chi connectivity index (χ1n) is 9.69. The minimum Gasteiger partial charge on any atom is -0.406 e. The summed E-state index contributed by atoms with van der Waals surface area (Å²) in [7, 11) is 0. The van der Waals surface area contributed by atoms with Crippen LogP contribution in [-0.4, -0.2) is 25.9 Å². The van der Waals surface area contributed by atoms with Crippen LogP contribution in [-0.2, 0) is 13.1 Å². The third-order valence-corrected chi connectivity index (χ3v) is 6.03. The van der Waals surface area contributed by atoms with Gasteiger partial charge in [0.2, 0.25) is 0 Å². The molecule has 3 aromatic carbocycles. The summed E-state index contributed by atoms with van der Waals surface area (Å²) >= 11 is 1.09. The van der Waals surface area contributed by atoms with Crippen molar-refractivity contribution in [3.8, 4) is 17.0 Å². The number of hydrogen-bond donors (Lipinski definition) is 1. The lowest BCUT2D eigenvalue weighted by Gasteiger charge is -2.09. The molecule has 0 fully saturated rings. The molecule has 0 spiro atoms. The number of halogens is 3. The Hall–Kier alpha value is -3.66. The molecule has 0 aliphatic heterocycles. The van der Waals surface area contributed by atoms with Crippen LogP contribution >= 0.6 is 11.3 Å². The predicted molar refractivity (Wildman–Crippen MR) is 115 cm³/mol. The van der Waals surface area contributed by atoms with Gasteiger partial charge in [0.25, 0.3) is 0 Å². The molecule has 0 aliphatic rings. The van der Waals surface area contributed by atoms with Crippen molar-refractivity contribution in [2.45, 2.75) is 19.5 Å². The number of nitrogens with zero attached hydrogens (tertiary/aromatic N) is 4. The van der Waals surface area contributed by atoms with Gasteiger partial charge in [-0.05, 0) is 29.0 Å². The van der Waals surface area contributed by atoms with Crippen molar-refractivity contribution >= 4 is 32.3 Å². The lowest BCUT2D eigenvalue weighted by Crippen LogP contribution is -2.17. The van der Waals surface area contributed by atoms with Gasteiger partial charge in [0.05, 0.1) is 23.0 Å². The van der Waals surface area contributed by atoms with Crippen molar-refractivity contribution in [3.63, 3.8) is 0 Å². The van der Waals surface area contributed by atoms with Gasteiger partial charge in [-0.25, -0.2) is 0 Å². The number of hydrogen-bond acceptors (Lipinski definition) is 5. The van der Waals surface area contributed by atoms with E-state index in [-0.39, 0.29) is 10.6 Å². The lowest BCUT2D eigenvalue weighted by molar-refractivity contribution is -0.274. The molecule has 0 amide bonds. The van der Waals surface area contributed by atoms with E-state index in [1.165, 1.54) is 18.2 Å². The maximum atomic E-state index is 12.5. The van der Waals surface area contributed by atoms with Gasteiger partial charge in [-0.1, -0.05) is 59.0 Å². The second-order valence-corrected chi connectivity index (χ2v) is 8.16. The van der Waals surface area contributed by atoms with Crippen LogP contribution in [0.5, 0.6) is 5.75 Å². The molecule has 2 aromatic heterocycles. The van der Waals surface area contributed by atoms with E-state index >= 15 is 0 Å². The summed E-state index contributed by atoms with van der Waals surface area (Å²) in [6.45, 7) is 0.887. The fourth-order valence-corrected chi connectivity index (χ4v) is 4.64. The van der Waals surface area contributed by atoms with Crippen LogP contribution in [0.25, 0.3) is 32.2 Å². The number of aryl methyl sites for hydroxylation is 2. The van der Waals surface area contributed by atoms with Crippen LogP contribution in [0.3, 0.4) is 0 Å². The van der Waals surface area contributed by atoms with Crippen molar-refractivity contribution in [1.82, 2.24) is 19.6 Å². The smallest absolute Gasteiger partial charge is 0.406 e. The maximum Gasteiger partial charge on any atom is 0.573 e. The minimum absolute atomic E-state index is 0.235. The number of ether oxygens (including phenoxy) is 1. The van der Waals surface area contributed by atoms with Gasteiger partial charge in [-0.3, -0.25) is 10.1 Å². The molecule has 1 N–H and O–H groups in total. The number of rotatable bonds is 5. The minimum atomic E-state index is -4.75. The largest absolute Gasteiger partial charge is 0.573 e. The third-order valence-electron chi connectivity index (χ3n) is 5.06. The molecule has 32 heavy (non-hydrogen) atoms. The van der Waals surface area contributed by atoms with E-state index in [0.717, 1.165) is 33.4 Å². The Balaban J connectivity index is 1.38. The van der Waals surface area contributed by atoms with E-state index in [4.69, 9.17) is 5.41 Å². The molecule has 10 heteroatoms. The summed E-state index contributed by atoms with van der Waals surface area (Å²) in [6, 6.07) is 18.2. The van der Waals surface area contributed by atoms with Gasteiger partial charge in [0.1, 0.15) is 11.4 Å². The molecule has 0 aliphatic carbocycles. The van der Waals surface area contributed by atoms with Crippen LogP contribution in [0, 0.1) is 5.41 Å². The normalized spacial score (nSPS) is 12.0. The standard InChI is InChI=1S/C22H16F3N5OS/c23-22(24,25)31-15-8-9-19-20(12-15)32-21(26)30(19)11-10-29-13-18(27-28-29)17-7-3-5-14-4-1-2-6-16(14)17/h1-9,12-13,26H,10-11H2. The Bertz CT molecular complexity index is 1480. The topological polar surface area (TPSA) is 68.7 Å². The van der Waals surface area contributed by atoms with Crippen LogP contribution in [0.1, 0.15) is 0 Å². The van der Waals surface area contributed by atoms with E-state index in [0.29, 0.717) is 23.3 Å². The molecule has 6 nitrogen and oxygen atoms in total. The predicted octanol–water partition coefficient (Wildman–Crippen LogP) is 5.19. The number of fused-ring (bicyclic) bond motifs is 2. The zero-order valence-corrected chi connectivity index (χ0v) is 17.3. The number of nitrogens with one attached hydrogen (secondary N) is 1.